The van der Waals surface area contributed by atoms with E-state index in [-0.39, 0.29) is 29.9 Å². The van der Waals surface area contributed by atoms with Gasteiger partial charge in [0.25, 0.3) is 0 Å². The summed E-state index contributed by atoms with van der Waals surface area (Å²) < 4.78 is 32.9. The van der Waals surface area contributed by atoms with Crippen molar-refractivity contribution in [2.75, 3.05) is 6.54 Å². The molecule has 0 radical (unpaired) electrons. The number of rotatable bonds is 6. The monoisotopic (exact) mass is 610 g/mol. The van der Waals surface area contributed by atoms with Crippen molar-refractivity contribution in [2.45, 2.75) is 43.0 Å². The molecule has 0 saturated heterocycles. The zero-order chi connectivity index (χ0) is 27.5. The van der Waals surface area contributed by atoms with Crippen LogP contribution >= 0.6 is 15.9 Å². The van der Waals surface area contributed by atoms with Gasteiger partial charge in [-0.25, -0.2) is 17.9 Å². The number of hydrogen-bond donors (Lipinski definition) is 1. The molecule has 10 nitrogen and oxygen atoms in total. The van der Waals surface area contributed by atoms with Crippen molar-refractivity contribution in [3.05, 3.63) is 87.4 Å². The molecule has 2 aromatic carbocycles. The molecule has 0 unspecified atom stereocenters. The molecule has 0 spiro atoms. The van der Waals surface area contributed by atoms with Crippen LogP contribution in [-0.4, -0.2) is 55.1 Å². The Kier molecular flexibility index (Phi) is 6.43. The summed E-state index contributed by atoms with van der Waals surface area (Å²) in [6.45, 7) is 2.65. The molecular formula is C27H27BrN6O4S. The third-order valence-corrected chi connectivity index (χ3v) is 9.81. The lowest BCUT2D eigenvalue weighted by Crippen LogP contribution is -2.32. The second-order valence-corrected chi connectivity index (χ2v) is 13.3. The van der Waals surface area contributed by atoms with Gasteiger partial charge in [0.2, 0.25) is 10.0 Å². The first-order valence-electron chi connectivity index (χ1n) is 12.7. The number of carboxylic acid groups (broad SMARTS) is 1. The number of halogens is 1. The number of aromatic carboxylic acids is 1. The summed E-state index contributed by atoms with van der Waals surface area (Å²) in [5.74, 6) is -0.875. The van der Waals surface area contributed by atoms with Gasteiger partial charge in [-0.15, -0.1) is 5.10 Å². The second kappa shape index (κ2) is 9.68. The Morgan fingerprint density at radius 2 is 2.00 bits per heavy atom. The molecule has 6 rings (SSSR count). The Hall–Kier alpha value is -3.35. The molecule has 1 N–H and O–H groups in total. The molecule has 3 heterocycles. The zero-order valence-electron chi connectivity index (χ0n) is 21.4. The largest absolute Gasteiger partial charge is 0.478 e. The molecule has 1 saturated carbocycles. The zero-order valence-corrected chi connectivity index (χ0v) is 23.8. The predicted molar refractivity (Wildman–Crippen MR) is 146 cm³/mol. The molecule has 2 aromatic heterocycles. The number of carbonyl (C=O) groups is 1. The number of aromatic nitrogens is 5. The second-order valence-electron chi connectivity index (χ2n) is 10.5. The van der Waals surface area contributed by atoms with E-state index in [0.29, 0.717) is 29.2 Å². The molecular weight excluding hydrogens is 584 g/mol. The molecule has 1 aliphatic heterocycles. The van der Waals surface area contributed by atoms with Gasteiger partial charge in [-0.05, 0) is 54.2 Å². The van der Waals surface area contributed by atoms with Gasteiger partial charge in [0.15, 0.2) is 0 Å². The van der Waals surface area contributed by atoms with Gasteiger partial charge in [0, 0.05) is 42.6 Å². The van der Waals surface area contributed by atoms with Crippen molar-refractivity contribution in [1.29, 1.82) is 0 Å². The summed E-state index contributed by atoms with van der Waals surface area (Å²) in [6, 6.07) is 12.9. The number of nitrogens with zero attached hydrogens (tertiary/aromatic N) is 6. The van der Waals surface area contributed by atoms with Crippen LogP contribution in [0.1, 0.15) is 58.1 Å². The SMILES string of the molecule is C[C@H]1Cc2ccc(Br)cc2S(=O)(=O)N(Cc2cccc(-n3ncc(C(=O)O)c3[C@@H]3C[C@H]3c3cn(C)nn3)c2)C1. The van der Waals surface area contributed by atoms with E-state index in [1.807, 2.05) is 42.6 Å². The third-order valence-electron chi connectivity index (χ3n) is 7.42. The molecule has 1 fully saturated rings. The summed E-state index contributed by atoms with van der Waals surface area (Å²) in [6.07, 6.45) is 4.67. The van der Waals surface area contributed by atoms with E-state index >= 15 is 0 Å². The summed E-state index contributed by atoms with van der Waals surface area (Å²) in [4.78, 5) is 12.4. The number of carboxylic acids is 1. The van der Waals surface area contributed by atoms with E-state index in [1.54, 1.807) is 22.5 Å². The number of aryl methyl sites for hydroxylation is 1. The van der Waals surface area contributed by atoms with Gasteiger partial charge in [-0.3, -0.25) is 4.68 Å². The molecule has 12 heteroatoms. The highest BCUT2D eigenvalue weighted by molar-refractivity contribution is 9.10. The standard InChI is InChI=1S/C27H27BrN6O4S/c1-16-8-18-6-7-19(28)10-25(18)39(37,38)33(13-16)14-17-4-3-5-20(9-17)34-26(23(12-29-34)27(35)36)22-11-21(22)24-15-32(2)31-30-24/h3-7,9-10,12,15-16,21-22H,8,11,13-14H2,1-2H3,(H,35,36)/t16-,21+,22+/m0/s1. The maximum absolute atomic E-state index is 13.7. The van der Waals surface area contributed by atoms with Crippen molar-refractivity contribution < 1.29 is 18.3 Å². The topological polar surface area (TPSA) is 123 Å². The maximum Gasteiger partial charge on any atom is 0.339 e. The molecule has 202 valence electrons. The lowest BCUT2D eigenvalue weighted by Gasteiger charge is -2.23. The summed E-state index contributed by atoms with van der Waals surface area (Å²) in [5.41, 5.74) is 3.90. The van der Waals surface area contributed by atoms with Crippen molar-refractivity contribution in [2.24, 2.45) is 13.0 Å². The molecule has 4 aromatic rings. The highest BCUT2D eigenvalue weighted by Gasteiger charge is 2.46. The Bertz CT molecular complexity index is 1700. The minimum absolute atomic E-state index is 0.0549. The fraction of sp³-hybridized carbons (Fsp3) is 0.333. The van der Waals surface area contributed by atoms with Gasteiger partial charge in [0.05, 0.1) is 28.2 Å². The van der Waals surface area contributed by atoms with Gasteiger partial charge in [-0.2, -0.15) is 9.40 Å². The fourth-order valence-electron chi connectivity index (χ4n) is 5.55. The van der Waals surface area contributed by atoms with Crippen molar-refractivity contribution in [1.82, 2.24) is 29.1 Å². The molecule has 0 bridgehead atoms. The van der Waals surface area contributed by atoms with Crippen molar-refractivity contribution in [3.63, 3.8) is 0 Å². The van der Waals surface area contributed by atoms with Gasteiger partial charge in [-0.1, -0.05) is 46.3 Å². The quantitative estimate of drug-likeness (QED) is 0.348. The molecule has 1 aliphatic carbocycles. The van der Waals surface area contributed by atoms with E-state index in [9.17, 15) is 18.3 Å². The van der Waals surface area contributed by atoms with E-state index in [4.69, 9.17) is 0 Å². The Morgan fingerprint density at radius 3 is 2.74 bits per heavy atom. The van der Waals surface area contributed by atoms with E-state index in [2.05, 4.69) is 38.3 Å². The predicted octanol–water partition coefficient (Wildman–Crippen LogP) is 4.12. The Morgan fingerprint density at radius 1 is 1.18 bits per heavy atom. The average Bonchev–Trinajstić information content (AvgIpc) is 3.36. The number of hydrogen-bond acceptors (Lipinski definition) is 6. The molecule has 0 amide bonds. The van der Waals surface area contributed by atoms with Gasteiger partial charge >= 0.3 is 5.97 Å². The van der Waals surface area contributed by atoms with Crippen LogP contribution in [0.4, 0.5) is 0 Å². The van der Waals surface area contributed by atoms with Crippen LogP contribution in [0.3, 0.4) is 0 Å². The average molecular weight is 612 g/mol. The first-order valence-corrected chi connectivity index (χ1v) is 14.9. The van der Waals surface area contributed by atoms with Crippen LogP contribution in [0.25, 0.3) is 5.69 Å². The minimum atomic E-state index is -3.72. The lowest BCUT2D eigenvalue weighted by molar-refractivity contribution is 0.0695. The van der Waals surface area contributed by atoms with Crippen LogP contribution in [0.15, 0.2) is 64.2 Å². The number of benzene rings is 2. The van der Waals surface area contributed by atoms with E-state index in [1.165, 1.54) is 10.5 Å². The summed E-state index contributed by atoms with van der Waals surface area (Å²) in [7, 11) is -1.92. The van der Waals surface area contributed by atoms with E-state index < -0.39 is 16.0 Å². The highest BCUT2D eigenvalue weighted by Crippen LogP contribution is 2.55. The molecule has 39 heavy (non-hydrogen) atoms. The fourth-order valence-corrected chi connectivity index (χ4v) is 7.87. The van der Waals surface area contributed by atoms with Crippen LogP contribution in [0.5, 0.6) is 0 Å². The first kappa shape index (κ1) is 25.9. The van der Waals surface area contributed by atoms with Gasteiger partial charge in [0.1, 0.15) is 5.56 Å². The van der Waals surface area contributed by atoms with Crippen LogP contribution in [0.2, 0.25) is 0 Å². The van der Waals surface area contributed by atoms with Crippen molar-refractivity contribution >= 4 is 31.9 Å². The third kappa shape index (κ3) is 4.81. The maximum atomic E-state index is 13.7. The number of sulfonamides is 1. The number of fused-ring (bicyclic) bond motifs is 1. The normalized spacial score (nSPS) is 22.3. The van der Waals surface area contributed by atoms with Crippen molar-refractivity contribution in [3.8, 4) is 5.69 Å². The van der Waals surface area contributed by atoms with Gasteiger partial charge < -0.3 is 5.11 Å². The molecule has 2 aliphatic rings. The Balaban J connectivity index is 1.33. The minimum Gasteiger partial charge on any atom is -0.478 e. The lowest BCUT2D eigenvalue weighted by atomic mass is 10.0. The Labute approximate surface area is 234 Å². The first-order chi connectivity index (χ1) is 18.6. The highest BCUT2D eigenvalue weighted by atomic mass is 79.9. The van der Waals surface area contributed by atoms with E-state index in [0.717, 1.165) is 27.7 Å². The van der Waals surface area contributed by atoms with Crippen LogP contribution < -0.4 is 0 Å². The summed E-state index contributed by atoms with van der Waals surface area (Å²) in [5, 5.41) is 22.6. The molecule has 3 atom stereocenters. The van der Waals surface area contributed by atoms with Crippen LogP contribution in [-0.2, 0) is 30.0 Å². The van der Waals surface area contributed by atoms with Crippen LogP contribution in [0, 0.1) is 5.92 Å². The smallest absolute Gasteiger partial charge is 0.339 e. The summed E-state index contributed by atoms with van der Waals surface area (Å²) >= 11 is 3.42.